The van der Waals surface area contributed by atoms with Gasteiger partial charge in [0.15, 0.2) is 5.82 Å². The molecule has 1 aliphatic rings. The maximum absolute atomic E-state index is 13.7. The SMILES string of the molecule is COC1CC(n2c(CCl)nc3c(F)cccc32)C1. The maximum Gasteiger partial charge on any atom is 0.151 e. The van der Waals surface area contributed by atoms with Crippen molar-refractivity contribution in [2.24, 2.45) is 0 Å². The van der Waals surface area contributed by atoms with Gasteiger partial charge < -0.3 is 9.30 Å². The fraction of sp³-hybridized carbons (Fsp3) is 0.462. The number of para-hydroxylation sites is 1. The average molecular weight is 269 g/mol. The predicted octanol–water partition coefficient (Wildman–Crippen LogP) is 3.26. The lowest BCUT2D eigenvalue weighted by Gasteiger charge is -2.36. The zero-order chi connectivity index (χ0) is 12.7. The molecule has 1 fully saturated rings. The van der Waals surface area contributed by atoms with Crippen molar-refractivity contribution >= 4 is 22.6 Å². The Balaban J connectivity index is 2.07. The van der Waals surface area contributed by atoms with Gasteiger partial charge in [-0.05, 0) is 25.0 Å². The Kier molecular flexibility index (Phi) is 2.99. The van der Waals surface area contributed by atoms with Gasteiger partial charge in [-0.2, -0.15) is 0 Å². The van der Waals surface area contributed by atoms with Crippen LogP contribution < -0.4 is 0 Å². The third-order valence-corrected chi connectivity index (χ3v) is 3.87. The van der Waals surface area contributed by atoms with Gasteiger partial charge in [0.05, 0.1) is 17.5 Å². The second kappa shape index (κ2) is 4.52. The highest BCUT2D eigenvalue weighted by atomic mass is 35.5. The van der Waals surface area contributed by atoms with E-state index in [0.29, 0.717) is 23.5 Å². The second-order valence-corrected chi connectivity index (χ2v) is 4.89. The third-order valence-electron chi connectivity index (χ3n) is 3.63. The minimum absolute atomic E-state index is 0.291. The fourth-order valence-electron chi connectivity index (χ4n) is 2.57. The van der Waals surface area contributed by atoms with Crippen molar-refractivity contribution in [3.05, 3.63) is 29.8 Å². The number of benzene rings is 1. The van der Waals surface area contributed by atoms with E-state index in [2.05, 4.69) is 9.55 Å². The van der Waals surface area contributed by atoms with Crippen LogP contribution in [0.3, 0.4) is 0 Å². The summed E-state index contributed by atoms with van der Waals surface area (Å²) in [5.41, 5.74) is 1.24. The molecule has 0 saturated heterocycles. The summed E-state index contributed by atoms with van der Waals surface area (Å²) in [7, 11) is 1.72. The van der Waals surface area contributed by atoms with Crippen molar-refractivity contribution in [2.45, 2.75) is 30.9 Å². The summed E-state index contributed by atoms with van der Waals surface area (Å²) in [6.07, 6.45) is 2.16. The van der Waals surface area contributed by atoms with Crippen molar-refractivity contribution in [1.82, 2.24) is 9.55 Å². The molecule has 96 valence electrons. The standard InChI is InChI=1S/C13H14ClFN2O/c1-18-9-5-8(6-9)17-11-4-2-3-10(15)13(11)16-12(17)7-14/h2-4,8-9H,5-7H2,1H3. The van der Waals surface area contributed by atoms with E-state index < -0.39 is 0 Å². The number of nitrogens with zero attached hydrogens (tertiary/aromatic N) is 2. The summed E-state index contributed by atoms with van der Waals surface area (Å²) < 4.78 is 21.0. The lowest BCUT2D eigenvalue weighted by Crippen LogP contribution is -2.33. The quantitative estimate of drug-likeness (QED) is 0.799. The average Bonchev–Trinajstić information content (AvgIpc) is 2.68. The normalized spacial score (nSPS) is 23.3. The van der Waals surface area contributed by atoms with Gasteiger partial charge in [0.2, 0.25) is 0 Å². The van der Waals surface area contributed by atoms with Crippen molar-refractivity contribution < 1.29 is 9.13 Å². The van der Waals surface area contributed by atoms with Crippen LogP contribution in [-0.2, 0) is 10.6 Å². The molecule has 18 heavy (non-hydrogen) atoms. The number of aromatic nitrogens is 2. The smallest absolute Gasteiger partial charge is 0.151 e. The number of hydrogen-bond acceptors (Lipinski definition) is 2. The fourth-order valence-corrected chi connectivity index (χ4v) is 2.76. The first-order valence-electron chi connectivity index (χ1n) is 5.98. The predicted molar refractivity (Wildman–Crippen MR) is 68.3 cm³/mol. The largest absolute Gasteiger partial charge is 0.381 e. The van der Waals surface area contributed by atoms with Crippen LogP contribution in [0.5, 0.6) is 0 Å². The summed E-state index contributed by atoms with van der Waals surface area (Å²) in [6.45, 7) is 0. The summed E-state index contributed by atoms with van der Waals surface area (Å²) >= 11 is 5.91. The highest BCUT2D eigenvalue weighted by molar-refractivity contribution is 6.16. The molecule has 0 N–H and O–H groups in total. The number of methoxy groups -OCH3 is 1. The summed E-state index contributed by atoms with van der Waals surface area (Å²) in [5.74, 6) is 0.735. The van der Waals surface area contributed by atoms with Crippen molar-refractivity contribution in [3.8, 4) is 0 Å². The second-order valence-electron chi connectivity index (χ2n) is 4.62. The molecule has 0 bridgehead atoms. The van der Waals surface area contributed by atoms with Gasteiger partial charge in [0.1, 0.15) is 11.3 Å². The molecule has 3 nitrogen and oxygen atoms in total. The molecule has 1 aromatic heterocycles. The van der Waals surface area contributed by atoms with Crippen LogP contribution in [0.2, 0.25) is 0 Å². The Bertz CT molecular complexity index is 578. The zero-order valence-corrected chi connectivity index (χ0v) is 10.8. The molecule has 0 radical (unpaired) electrons. The third kappa shape index (κ3) is 1.71. The van der Waals surface area contributed by atoms with Crippen molar-refractivity contribution in [1.29, 1.82) is 0 Å². The molecule has 0 atom stereocenters. The highest BCUT2D eigenvalue weighted by Crippen LogP contribution is 2.38. The van der Waals surface area contributed by atoms with Crippen molar-refractivity contribution in [2.75, 3.05) is 7.11 Å². The molecule has 2 aromatic rings. The lowest BCUT2D eigenvalue weighted by atomic mass is 9.89. The number of fused-ring (bicyclic) bond motifs is 1. The van der Waals surface area contributed by atoms with Crippen molar-refractivity contribution in [3.63, 3.8) is 0 Å². The molecule has 1 saturated carbocycles. The molecule has 0 amide bonds. The van der Waals surface area contributed by atoms with Gasteiger partial charge in [-0.3, -0.25) is 0 Å². The molecule has 5 heteroatoms. The Hall–Kier alpha value is -1.13. The van der Waals surface area contributed by atoms with Crippen LogP contribution in [0.4, 0.5) is 4.39 Å². The van der Waals surface area contributed by atoms with E-state index in [-0.39, 0.29) is 5.82 Å². The summed E-state index contributed by atoms with van der Waals surface area (Å²) in [6, 6.07) is 5.34. The lowest BCUT2D eigenvalue weighted by molar-refractivity contribution is 0.00675. The van der Waals surface area contributed by atoms with Crippen LogP contribution >= 0.6 is 11.6 Å². The molecule has 1 aromatic carbocycles. The Morgan fingerprint density at radius 2 is 2.28 bits per heavy atom. The number of halogens is 2. The molecule has 0 unspecified atom stereocenters. The van der Waals surface area contributed by atoms with Gasteiger partial charge in [-0.1, -0.05) is 6.07 Å². The zero-order valence-electron chi connectivity index (χ0n) is 10.1. The maximum atomic E-state index is 13.7. The van der Waals surface area contributed by atoms with Gasteiger partial charge in [0.25, 0.3) is 0 Å². The number of imidazole rings is 1. The first-order chi connectivity index (χ1) is 8.74. The van der Waals surface area contributed by atoms with E-state index in [9.17, 15) is 4.39 Å². The van der Waals surface area contributed by atoms with Gasteiger partial charge in [-0.25, -0.2) is 9.37 Å². The van der Waals surface area contributed by atoms with Crippen LogP contribution in [0.15, 0.2) is 18.2 Å². The first-order valence-corrected chi connectivity index (χ1v) is 6.52. The highest BCUT2D eigenvalue weighted by Gasteiger charge is 2.33. The molecule has 0 spiro atoms. The van der Waals surface area contributed by atoms with E-state index in [1.807, 2.05) is 6.07 Å². The van der Waals surface area contributed by atoms with Crippen LogP contribution in [0.1, 0.15) is 24.7 Å². The number of alkyl halides is 1. The molecule has 1 aliphatic carbocycles. The number of rotatable bonds is 3. The van der Waals surface area contributed by atoms with Gasteiger partial charge in [-0.15, -0.1) is 11.6 Å². The van der Waals surface area contributed by atoms with E-state index in [1.165, 1.54) is 6.07 Å². The number of ether oxygens (including phenoxy) is 1. The molecule has 3 rings (SSSR count). The van der Waals surface area contributed by atoms with E-state index in [4.69, 9.17) is 16.3 Å². The number of hydrogen-bond donors (Lipinski definition) is 0. The van der Waals surface area contributed by atoms with Gasteiger partial charge in [0, 0.05) is 13.2 Å². The van der Waals surface area contributed by atoms with E-state index in [0.717, 1.165) is 24.2 Å². The molecular formula is C13H14ClFN2O. The van der Waals surface area contributed by atoms with E-state index in [1.54, 1.807) is 13.2 Å². The Labute approximate surface area is 110 Å². The minimum Gasteiger partial charge on any atom is -0.381 e. The molecule has 0 aliphatic heterocycles. The monoisotopic (exact) mass is 268 g/mol. The van der Waals surface area contributed by atoms with Crippen LogP contribution in [0.25, 0.3) is 11.0 Å². The summed E-state index contributed by atoms with van der Waals surface area (Å²) in [4.78, 5) is 4.30. The minimum atomic E-state index is -0.291. The Morgan fingerprint density at radius 3 is 2.94 bits per heavy atom. The first kappa shape index (κ1) is 11.9. The van der Waals surface area contributed by atoms with Gasteiger partial charge >= 0.3 is 0 Å². The molecular weight excluding hydrogens is 255 g/mol. The van der Waals surface area contributed by atoms with Crippen LogP contribution in [0, 0.1) is 5.82 Å². The Morgan fingerprint density at radius 1 is 1.50 bits per heavy atom. The van der Waals surface area contributed by atoms with Crippen LogP contribution in [-0.4, -0.2) is 22.8 Å². The van der Waals surface area contributed by atoms with E-state index >= 15 is 0 Å². The topological polar surface area (TPSA) is 27.1 Å². The molecule has 1 heterocycles. The summed E-state index contributed by atoms with van der Waals surface area (Å²) in [5, 5.41) is 0.